The van der Waals surface area contributed by atoms with E-state index in [-0.39, 0.29) is 0 Å². The Kier molecular flexibility index (Phi) is 1.90. The molecule has 0 spiro atoms. The van der Waals surface area contributed by atoms with Crippen LogP contribution in [0.1, 0.15) is 26.2 Å². The van der Waals surface area contributed by atoms with Crippen molar-refractivity contribution in [2.45, 2.75) is 32.2 Å². The molecule has 47 valence electrons. The summed E-state index contributed by atoms with van der Waals surface area (Å²) in [7, 11) is 2.17. The van der Waals surface area contributed by atoms with E-state index >= 15 is 0 Å². The first-order valence-corrected chi connectivity index (χ1v) is 3.40. The molecule has 0 atom stereocenters. The maximum absolute atomic E-state index is 2.33. The van der Waals surface area contributed by atoms with Gasteiger partial charge in [-0.3, -0.25) is 4.90 Å². The number of nitrogens with zero attached hydrogens (tertiary/aromatic N) is 1. The Morgan fingerprint density at radius 2 is 2.25 bits per heavy atom. The lowest BCUT2D eigenvalue weighted by molar-refractivity contribution is 0.386. The number of rotatable bonds is 3. The third kappa shape index (κ3) is 1.48. The molecule has 0 saturated heterocycles. The normalized spacial score (nSPS) is 19.9. The van der Waals surface area contributed by atoms with Crippen molar-refractivity contribution in [2.75, 3.05) is 7.05 Å². The minimum absolute atomic E-state index is 0.898. The molecule has 0 aromatic heterocycles. The van der Waals surface area contributed by atoms with Crippen LogP contribution in [0.4, 0.5) is 0 Å². The molecule has 0 aromatic rings. The fourth-order valence-electron chi connectivity index (χ4n) is 0.919. The van der Waals surface area contributed by atoms with E-state index < -0.39 is 0 Å². The quantitative estimate of drug-likeness (QED) is 0.536. The van der Waals surface area contributed by atoms with Crippen LogP contribution in [0.3, 0.4) is 0 Å². The van der Waals surface area contributed by atoms with Crippen molar-refractivity contribution in [3.05, 3.63) is 6.54 Å². The van der Waals surface area contributed by atoms with Gasteiger partial charge in [-0.25, -0.2) is 0 Å². The maximum atomic E-state index is 2.33. The lowest BCUT2D eigenvalue weighted by Gasteiger charge is -2.11. The zero-order valence-electron chi connectivity index (χ0n) is 5.72. The molecule has 0 amide bonds. The van der Waals surface area contributed by atoms with Gasteiger partial charge in [0, 0.05) is 12.6 Å². The van der Waals surface area contributed by atoms with Gasteiger partial charge in [0.15, 0.2) is 0 Å². The summed E-state index contributed by atoms with van der Waals surface area (Å²) in [5.41, 5.74) is 0. The summed E-state index contributed by atoms with van der Waals surface area (Å²) in [4.78, 5) is 2.33. The van der Waals surface area contributed by atoms with E-state index in [1.54, 1.807) is 0 Å². The van der Waals surface area contributed by atoms with E-state index in [9.17, 15) is 0 Å². The van der Waals surface area contributed by atoms with Crippen LogP contribution < -0.4 is 0 Å². The number of hydrogen-bond acceptors (Lipinski definition) is 1. The van der Waals surface area contributed by atoms with E-state index in [2.05, 4.69) is 25.4 Å². The highest BCUT2D eigenvalue weighted by atomic mass is 15.1. The molecular formula is C7H14N. The zero-order chi connectivity index (χ0) is 5.98. The number of hydrogen-bond donors (Lipinski definition) is 0. The molecule has 1 rings (SSSR count). The van der Waals surface area contributed by atoms with Gasteiger partial charge in [0.2, 0.25) is 0 Å². The summed E-state index contributed by atoms with van der Waals surface area (Å²) in [6.07, 6.45) is 3.99. The molecule has 0 aliphatic heterocycles. The minimum Gasteiger partial charge on any atom is -0.299 e. The van der Waals surface area contributed by atoms with Gasteiger partial charge < -0.3 is 0 Å². The Labute approximate surface area is 51.7 Å². The van der Waals surface area contributed by atoms with Gasteiger partial charge in [-0.05, 0) is 26.3 Å². The zero-order valence-corrected chi connectivity index (χ0v) is 5.72. The summed E-state index contributed by atoms with van der Waals surface area (Å²) < 4.78 is 0. The molecule has 0 unspecified atom stereocenters. The van der Waals surface area contributed by atoms with Crippen molar-refractivity contribution < 1.29 is 0 Å². The van der Waals surface area contributed by atoms with Gasteiger partial charge in [0.05, 0.1) is 0 Å². The fraction of sp³-hybridized carbons (Fsp3) is 0.857. The standard InChI is InChI=1S/C7H14N/c1-3-6-8(2)7-4-5-7/h6-7H,3-5H2,1-2H3. The molecule has 1 aliphatic rings. The highest BCUT2D eigenvalue weighted by molar-refractivity contribution is 4.85. The lowest BCUT2D eigenvalue weighted by atomic mass is 10.4. The fourth-order valence-corrected chi connectivity index (χ4v) is 0.919. The summed E-state index contributed by atoms with van der Waals surface area (Å²) >= 11 is 0. The van der Waals surface area contributed by atoms with Crippen molar-refractivity contribution in [1.82, 2.24) is 4.90 Å². The second-order valence-corrected chi connectivity index (χ2v) is 2.49. The van der Waals surface area contributed by atoms with Gasteiger partial charge in [0.25, 0.3) is 0 Å². The molecule has 1 aliphatic carbocycles. The van der Waals surface area contributed by atoms with Gasteiger partial charge in [-0.15, -0.1) is 0 Å². The van der Waals surface area contributed by atoms with E-state index in [0.29, 0.717) is 0 Å². The first-order chi connectivity index (χ1) is 3.84. The lowest BCUT2D eigenvalue weighted by Crippen LogP contribution is -2.16. The molecular weight excluding hydrogens is 98.1 g/mol. The predicted octanol–water partition coefficient (Wildman–Crippen LogP) is 1.65. The van der Waals surface area contributed by atoms with Gasteiger partial charge in [-0.1, -0.05) is 6.92 Å². The Bertz CT molecular complexity index is 66.8. The topological polar surface area (TPSA) is 3.24 Å². The monoisotopic (exact) mass is 112 g/mol. The molecule has 0 N–H and O–H groups in total. The highest BCUT2D eigenvalue weighted by Gasteiger charge is 2.24. The smallest absolute Gasteiger partial charge is 0.0248 e. The van der Waals surface area contributed by atoms with Crippen LogP contribution in [-0.4, -0.2) is 18.0 Å². The molecule has 8 heavy (non-hydrogen) atoms. The summed E-state index contributed by atoms with van der Waals surface area (Å²) in [6.45, 7) is 4.44. The second kappa shape index (κ2) is 2.49. The Hall–Kier alpha value is -0.0400. The average Bonchev–Trinajstić information content (AvgIpc) is 2.45. The van der Waals surface area contributed by atoms with Crippen LogP contribution in [0.5, 0.6) is 0 Å². The molecule has 1 nitrogen and oxygen atoms in total. The van der Waals surface area contributed by atoms with Gasteiger partial charge in [-0.2, -0.15) is 0 Å². The van der Waals surface area contributed by atoms with Crippen molar-refractivity contribution in [2.24, 2.45) is 0 Å². The third-order valence-corrected chi connectivity index (χ3v) is 1.59. The van der Waals surface area contributed by atoms with Crippen LogP contribution in [0.15, 0.2) is 0 Å². The Morgan fingerprint density at radius 1 is 1.62 bits per heavy atom. The first kappa shape index (κ1) is 6.09. The van der Waals surface area contributed by atoms with Crippen molar-refractivity contribution >= 4 is 0 Å². The molecule has 1 heteroatoms. The molecule has 0 bridgehead atoms. The van der Waals surface area contributed by atoms with Crippen LogP contribution in [0.2, 0.25) is 0 Å². The maximum Gasteiger partial charge on any atom is 0.0248 e. The van der Waals surface area contributed by atoms with Crippen LogP contribution >= 0.6 is 0 Å². The summed E-state index contributed by atoms with van der Waals surface area (Å²) in [6, 6.07) is 0.898. The summed E-state index contributed by atoms with van der Waals surface area (Å²) in [5, 5.41) is 0. The molecule has 1 radical (unpaired) electrons. The minimum atomic E-state index is 0.898. The average molecular weight is 112 g/mol. The van der Waals surface area contributed by atoms with E-state index in [1.165, 1.54) is 19.3 Å². The van der Waals surface area contributed by atoms with E-state index in [4.69, 9.17) is 0 Å². The second-order valence-electron chi connectivity index (χ2n) is 2.49. The van der Waals surface area contributed by atoms with Crippen LogP contribution in [0, 0.1) is 6.54 Å². The van der Waals surface area contributed by atoms with Crippen LogP contribution in [-0.2, 0) is 0 Å². The highest BCUT2D eigenvalue weighted by Crippen LogP contribution is 2.26. The van der Waals surface area contributed by atoms with Gasteiger partial charge in [0.1, 0.15) is 0 Å². The molecule has 0 aromatic carbocycles. The SMILES string of the molecule is CC[CH]N(C)C1CC1. The van der Waals surface area contributed by atoms with Crippen LogP contribution in [0.25, 0.3) is 0 Å². The Balaban J connectivity index is 2.03. The predicted molar refractivity (Wildman–Crippen MR) is 35.4 cm³/mol. The van der Waals surface area contributed by atoms with E-state index in [0.717, 1.165) is 6.04 Å². The summed E-state index contributed by atoms with van der Waals surface area (Å²) in [5.74, 6) is 0. The third-order valence-electron chi connectivity index (χ3n) is 1.59. The van der Waals surface area contributed by atoms with Crippen molar-refractivity contribution in [3.8, 4) is 0 Å². The van der Waals surface area contributed by atoms with Crippen molar-refractivity contribution in [3.63, 3.8) is 0 Å². The largest absolute Gasteiger partial charge is 0.299 e. The van der Waals surface area contributed by atoms with Crippen molar-refractivity contribution in [1.29, 1.82) is 0 Å². The molecule has 1 fully saturated rings. The van der Waals surface area contributed by atoms with E-state index in [1.807, 2.05) is 0 Å². The van der Waals surface area contributed by atoms with Gasteiger partial charge >= 0.3 is 0 Å². The molecule has 1 saturated carbocycles. The molecule has 0 heterocycles. The Morgan fingerprint density at radius 3 is 2.62 bits per heavy atom. The first-order valence-electron chi connectivity index (χ1n) is 3.40.